The largest absolute Gasteiger partial charge is 0.547 e. The SMILES string of the molecule is CCCCCCc1cc(-c2ccc(N(c3ccccc3)c3ccccc3)cc2)sc1/C=C/c1ccc([Si](OCC)(OCC)OCC)s1. The number of nitrogens with zero attached hydrogens (tertiary/aromatic N) is 1. The van der Waals surface area contributed by atoms with Gasteiger partial charge in [-0.15, -0.1) is 22.7 Å². The van der Waals surface area contributed by atoms with Crippen molar-refractivity contribution in [3.63, 3.8) is 0 Å². The molecule has 5 rings (SSSR count). The Balaban J connectivity index is 1.42. The Hall–Kier alpha value is -3.30. The summed E-state index contributed by atoms with van der Waals surface area (Å²) in [7, 11) is -2.91. The molecule has 0 N–H and O–H groups in total. The minimum atomic E-state index is -2.91. The molecule has 47 heavy (non-hydrogen) atoms. The van der Waals surface area contributed by atoms with E-state index < -0.39 is 8.80 Å². The molecule has 0 atom stereocenters. The minimum Gasteiger partial charge on any atom is -0.370 e. The summed E-state index contributed by atoms with van der Waals surface area (Å²) in [4.78, 5) is 6.11. The van der Waals surface area contributed by atoms with Crippen LogP contribution in [0.5, 0.6) is 0 Å². The number of hydrogen-bond donors (Lipinski definition) is 0. The van der Waals surface area contributed by atoms with E-state index in [2.05, 4.69) is 127 Å². The van der Waals surface area contributed by atoms with Crippen LogP contribution < -0.4 is 9.40 Å². The van der Waals surface area contributed by atoms with Crippen LogP contribution in [0.25, 0.3) is 22.6 Å². The van der Waals surface area contributed by atoms with E-state index in [0.717, 1.165) is 28.0 Å². The maximum Gasteiger partial charge on any atom is 0.547 e. The molecular formula is C40H47NO3S2Si. The smallest absolute Gasteiger partial charge is 0.370 e. The van der Waals surface area contributed by atoms with Crippen LogP contribution in [0.1, 0.15) is 68.7 Å². The molecule has 0 saturated heterocycles. The Morgan fingerprint density at radius 1 is 0.617 bits per heavy atom. The molecule has 0 radical (unpaired) electrons. The molecule has 0 aliphatic rings. The van der Waals surface area contributed by atoms with Crippen LogP contribution in [0.2, 0.25) is 0 Å². The minimum absolute atomic E-state index is 0.562. The van der Waals surface area contributed by atoms with Gasteiger partial charge in [0.15, 0.2) is 0 Å². The normalized spacial score (nSPS) is 11.8. The van der Waals surface area contributed by atoms with E-state index in [4.69, 9.17) is 13.3 Å². The lowest BCUT2D eigenvalue weighted by Gasteiger charge is -2.27. The number of para-hydroxylation sites is 2. The van der Waals surface area contributed by atoms with Crippen molar-refractivity contribution in [3.8, 4) is 10.4 Å². The standard InChI is InChI=1S/C40H47NO3S2Si/c1-5-9-10-13-18-33-31-39(46-38(33)29-27-37-28-30-40(45-37)47(42-6-2,43-7-3)44-8-4)32-23-25-36(26-24-32)41(34-19-14-11-15-20-34)35-21-16-12-17-22-35/h11-12,14-17,19-31H,5-10,13,18H2,1-4H3/b29-27+. The number of aryl methyl sites for hydroxylation is 1. The van der Waals surface area contributed by atoms with Crippen LogP contribution >= 0.6 is 22.7 Å². The zero-order valence-corrected chi connectivity index (χ0v) is 30.7. The molecule has 0 aliphatic heterocycles. The number of anilines is 3. The predicted octanol–water partition coefficient (Wildman–Crippen LogP) is 11.5. The molecular weight excluding hydrogens is 635 g/mol. The Morgan fingerprint density at radius 2 is 1.21 bits per heavy atom. The lowest BCUT2D eigenvalue weighted by molar-refractivity contribution is 0.0866. The molecule has 7 heteroatoms. The maximum absolute atomic E-state index is 6.16. The van der Waals surface area contributed by atoms with Crippen LogP contribution in [0.4, 0.5) is 17.1 Å². The third kappa shape index (κ3) is 8.99. The lowest BCUT2D eigenvalue weighted by atomic mass is 10.0. The molecule has 246 valence electrons. The third-order valence-corrected chi connectivity index (χ3v) is 13.8. The van der Waals surface area contributed by atoms with E-state index in [1.807, 2.05) is 32.1 Å². The van der Waals surface area contributed by atoms with Crippen LogP contribution in [-0.4, -0.2) is 28.6 Å². The van der Waals surface area contributed by atoms with Crippen molar-refractivity contribution in [2.45, 2.75) is 59.8 Å². The van der Waals surface area contributed by atoms with Gasteiger partial charge in [-0.2, -0.15) is 0 Å². The van der Waals surface area contributed by atoms with Gasteiger partial charge in [-0.25, -0.2) is 0 Å². The monoisotopic (exact) mass is 681 g/mol. The zero-order chi connectivity index (χ0) is 32.9. The summed E-state index contributed by atoms with van der Waals surface area (Å²) in [6.45, 7) is 9.96. The van der Waals surface area contributed by atoms with E-state index in [9.17, 15) is 0 Å². The average molecular weight is 682 g/mol. The molecule has 0 amide bonds. The molecule has 0 unspecified atom stereocenters. The number of hydrogen-bond acceptors (Lipinski definition) is 6. The zero-order valence-electron chi connectivity index (χ0n) is 28.1. The average Bonchev–Trinajstić information content (AvgIpc) is 3.75. The molecule has 4 nitrogen and oxygen atoms in total. The van der Waals surface area contributed by atoms with Crippen molar-refractivity contribution < 1.29 is 13.3 Å². The molecule has 0 spiro atoms. The van der Waals surface area contributed by atoms with Gasteiger partial charge in [-0.05, 0) is 111 Å². The van der Waals surface area contributed by atoms with Crippen LogP contribution in [0.15, 0.2) is 103 Å². The van der Waals surface area contributed by atoms with Crippen LogP contribution in [0, 0.1) is 0 Å². The second-order valence-corrected chi connectivity index (χ2v) is 16.3. The first kappa shape index (κ1) is 35.0. The highest BCUT2D eigenvalue weighted by Crippen LogP contribution is 2.38. The van der Waals surface area contributed by atoms with Crippen molar-refractivity contribution in [2.75, 3.05) is 24.7 Å². The number of thiophene rings is 2. The van der Waals surface area contributed by atoms with Crippen molar-refractivity contribution in [1.82, 2.24) is 0 Å². The van der Waals surface area contributed by atoms with Gasteiger partial charge in [0.25, 0.3) is 0 Å². The van der Waals surface area contributed by atoms with Crippen LogP contribution in [0.3, 0.4) is 0 Å². The first-order chi connectivity index (χ1) is 23.1. The van der Waals surface area contributed by atoms with Crippen molar-refractivity contribution in [1.29, 1.82) is 0 Å². The summed E-state index contributed by atoms with van der Waals surface area (Å²) in [5, 5.41) is 0. The van der Waals surface area contributed by atoms with Gasteiger partial charge in [0.05, 0.1) is 4.50 Å². The quantitative estimate of drug-likeness (QED) is 0.0680. The number of benzene rings is 3. The van der Waals surface area contributed by atoms with E-state index in [-0.39, 0.29) is 0 Å². The van der Waals surface area contributed by atoms with Crippen molar-refractivity contribution >= 4 is 65.2 Å². The molecule has 0 aliphatic carbocycles. The van der Waals surface area contributed by atoms with Gasteiger partial charge >= 0.3 is 8.80 Å². The Labute approximate surface area is 290 Å². The van der Waals surface area contributed by atoms with Crippen molar-refractivity contribution in [3.05, 3.63) is 118 Å². The third-order valence-electron chi connectivity index (χ3n) is 7.91. The molecule has 3 aromatic carbocycles. The number of rotatable bonds is 18. The summed E-state index contributed by atoms with van der Waals surface area (Å²) >= 11 is 3.59. The maximum atomic E-state index is 6.16. The Morgan fingerprint density at radius 3 is 1.79 bits per heavy atom. The van der Waals surface area contributed by atoms with Gasteiger partial charge in [-0.1, -0.05) is 74.7 Å². The summed E-state index contributed by atoms with van der Waals surface area (Å²) in [5.74, 6) is 0. The Bertz CT molecular complexity index is 1610. The molecule has 2 aromatic heterocycles. The summed E-state index contributed by atoms with van der Waals surface area (Å²) in [6, 6.07) is 36.8. The molecule has 0 saturated carbocycles. The predicted molar refractivity (Wildman–Crippen MR) is 206 cm³/mol. The molecule has 5 aromatic rings. The van der Waals surface area contributed by atoms with Crippen molar-refractivity contribution in [2.24, 2.45) is 0 Å². The van der Waals surface area contributed by atoms with Gasteiger partial charge in [0, 0.05) is 51.5 Å². The van der Waals surface area contributed by atoms with E-state index in [1.54, 1.807) is 11.3 Å². The lowest BCUT2D eigenvalue weighted by Crippen LogP contribution is -2.55. The fourth-order valence-corrected chi connectivity index (χ4v) is 11.0. The highest BCUT2D eigenvalue weighted by Gasteiger charge is 2.44. The first-order valence-electron chi connectivity index (χ1n) is 16.9. The fraction of sp³-hybridized carbons (Fsp3) is 0.300. The van der Waals surface area contributed by atoms with Gasteiger partial charge in [-0.3, -0.25) is 0 Å². The molecule has 2 heterocycles. The van der Waals surface area contributed by atoms with Crippen LogP contribution in [-0.2, 0) is 19.7 Å². The molecule has 0 bridgehead atoms. The second-order valence-electron chi connectivity index (χ2n) is 11.3. The second kappa shape index (κ2) is 17.7. The summed E-state index contributed by atoms with van der Waals surface area (Å²) < 4.78 is 19.5. The van der Waals surface area contributed by atoms with E-state index in [1.165, 1.54) is 51.4 Å². The highest BCUT2D eigenvalue weighted by molar-refractivity contribution is 7.24. The van der Waals surface area contributed by atoms with E-state index >= 15 is 0 Å². The Kier molecular flexibility index (Phi) is 13.2. The first-order valence-corrected chi connectivity index (χ1v) is 20.3. The molecule has 0 fully saturated rings. The number of unbranched alkanes of at least 4 members (excludes halogenated alkanes) is 3. The van der Waals surface area contributed by atoms with Gasteiger partial charge in [0.1, 0.15) is 0 Å². The fourth-order valence-electron chi connectivity index (χ4n) is 5.71. The summed E-state index contributed by atoms with van der Waals surface area (Å²) in [5.41, 5.74) is 6.10. The van der Waals surface area contributed by atoms with E-state index in [0.29, 0.717) is 19.8 Å². The summed E-state index contributed by atoms with van der Waals surface area (Å²) in [6.07, 6.45) is 10.6. The van der Waals surface area contributed by atoms with Gasteiger partial charge in [0.2, 0.25) is 0 Å². The highest BCUT2D eigenvalue weighted by atomic mass is 32.1. The topological polar surface area (TPSA) is 30.9 Å². The van der Waals surface area contributed by atoms with Gasteiger partial charge < -0.3 is 18.2 Å².